The van der Waals surface area contributed by atoms with Crippen LogP contribution in [0.5, 0.6) is 0 Å². The van der Waals surface area contributed by atoms with E-state index >= 15 is 0 Å². The number of nitrogens with zero attached hydrogens (tertiary/aromatic N) is 2. The third-order valence-electron chi connectivity index (χ3n) is 4.14. The maximum atomic E-state index is 11.9. The number of hydrogen-bond donors (Lipinski definition) is 0. The summed E-state index contributed by atoms with van der Waals surface area (Å²) in [4.78, 5) is 16.6. The number of piperazine rings is 1. The molecule has 1 saturated heterocycles. The predicted octanol–water partition coefficient (Wildman–Crippen LogP) is 2.67. The molecule has 0 N–H and O–H groups in total. The van der Waals surface area contributed by atoms with E-state index < -0.39 is 0 Å². The molecule has 1 aliphatic rings. The second-order valence-corrected chi connectivity index (χ2v) is 5.67. The molecule has 1 heterocycles. The van der Waals surface area contributed by atoms with Crippen LogP contribution in [-0.2, 0) is 4.74 Å². The summed E-state index contributed by atoms with van der Waals surface area (Å²) in [6.07, 6.45) is 0. The number of anilines is 1. The third kappa shape index (κ3) is 4.33. The molecule has 0 radical (unpaired) electrons. The van der Waals surface area contributed by atoms with Gasteiger partial charge in [-0.25, -0.2) is 4.79 Å². The van der Waals surface area contributed by atoms with Crippen molar-refractivity contribution in [3.8, 4) is 0 Å². The highest BCUT2D eigenvalue weighted by Crippen LogP contribution is 2.15. The smallest absolute Gasteiger partial charge is 0.338 e. The van der Waals surface area contributed by atoms with Crippen LogP contribution in [0.1, 0.15) is 10.4 Å². The number of ether oxygens (including phenoxy) is 1. The van der Waals surface area contributed by atoms with Crippen LogP contribution in [0.15, 0.2) is 60.7 Å². The van der Waals surface area contributed by atoms with E-state index in [0.717, 1.165) is 32.7 Å². The zero-order valence-corrected chi connectivity index (χ0v) is 13.2. The molecule has 3 rings (SSSR count). The Morgan fingerprint density at radius 1 is 0.870 bits per heavy atom. The number of benzene rings is 2. The molecule has 2 aromatic rings. The fraction of sp³-hybridized carbons (Fsp3) is 0.316. The highest BCUT2D eigenvalue weighted by molar-refractivity contribution is 5.89. The first kappa shape index (κ1) is 15.6. The molecule has 2 aromatic carbocycles. The van der Waals surface area contributed by atoms with Gasteiger partial charge >= 0.3 is 5.97 Å². The SMILES string of the molecule is O=C(OCCN1CCN(c2ccccc2)CC1)c1ccccc1. The lowest BCUT2D eigenvalue weighted by atomic mass is 10.2. The molecular formula is C19H22N2O2. The molecule has 0 aliphatic carbocycles. The molecule has 1 fully saturated rings. The van der Waals surface area contributed by atoms with Gasteiger partial charge in [-0.1, -0.05) is 36.4 Å². The molecule has 0 unspecified atom stereocenters. The molecule has 1 aliphatic heterocycles. The van der Waals surface area contributed by atoms with Crippen LogP contribution >= 0.6 is 0 Å². The van der Waals surface area contributed by atoms with E-state index in [0.29, 0.717) is 12.2 Å². The van der Waals surface area contributed by atoms with E-state index in [-0.39, 0.29) is 5.97 Å². The quantitative estimate of drug-likeness (QED) is 0.795. The highest BCUT2D eigenvalue weighted by atomic mass is 16.5. The van der Waals surface area contributed by atoms with E-state index in [4.69, 9.17) is 4.74 Å². The van der Waals surface area contributed by atoms with Crippen LogP contribution in [0.2, 0.25) is 0 Å². The number of rotatable bonds is 5. The molecule has 0 bridgehead atoms. The second kappa shape index (κ2) is 7.79. The van der Waals surface area contributed by atoms with Crippen LogP contribution in [0.3, 0.4) is 0 Å². The van der Waals surface area contributed by atoms with Gasteiger partial charge in [0.1, 0.15) is 6.61 Å². The Hall–Kier alpha value is -2.33. The standard InChI is InChI=1S/C19H22N2O2/c22-19(17-7-3-1-4-8-17)23-16-15-20-11-13-21(14-12-20)18-9-5-2-6-10-18/h1-10H,11-16H2. The van der Waals surface area contributed by atoms with Gasteiger partial charge in [0.05, 0.1) is 5.56 Å². The predicted molar refractivity (Wildman–Crippen MR) is 91.8 cm³/mol. The summed E-state index contributed by atoms with van der Waals surface area (Å²) in [6, 6.07) is 19.6. The van der Waals surface area contributed by atoms with Crippen LogP contribution in [-0.4, -0.2) is 50.2 Å². The maximum Gasteiger partial charge on any atom is 0.338 e. The lowest BCUT2D eigenvalue weighted by molar-refractivity contribution is 0.0459. The number of carbonyl (C=O) groups excluding carboxylic acids is 1. The molecule has 4 nitrogen and oxygen atoms in total. The Bertz CT molecular complexity index is 608. The summed E-state index contributed by atoms with van der Waals surface area (Å²) in [5.41, 5.74) is 1.89. The van der Waals surface area contributed by atoms with Gasteiger partial charge in [-0.2, -0.15) is 0 Å². The van der Waals surface area contributed by atoms with Crippen LogP contribution in [0.25, 0.3) is 0 Å². The number of para-hydroxylation sites is 1. The van der Waals surface area contributed by atoms with Crippen molar-refractivity contribution in [2.45, 2.75) is 0 Å². The van der Waals surface area contributed by atoms with Gasteiger partial charge in [-0.15, -0.1) is 0 Å². The zero-order valence-electron chi connectivity index (χ0n) is 13.2. The Kier molecular flexibility index (Phi) is 5.27. The lowest BCUT2D eigenvalue weighted by Gasteiger charge is -2.35. The molecule has 0 amide bonds. The first-order chi connectivity index (χ1) is 11.3. The van der Waals surface area contributed by atoms with Gasteiger partial charge in [0.2, 0.25) is 0 Å². The third-order valence-corrected chi connectivity index (χ3v) is 4.14. The molecule has 0 atom stereocenters. The number of hydrogen-bond acceptors (Lipinski definition) is 4. The van der Waals surface area contributed by atoms with Crippen molar-refractivity contribution in [3.05, 3.63) is 66.2 Å². The normalized spacial score (nSPS) is 15.4. The molecule has 120 valence electrons. The minimum absolute atomic E-state index is 0.242. The summed E-state index contributed by atoms with van der Waals surface area (Å²) in [5.74, 6) is -0.242. The van der Waals surface area contributed by atoms with Crippen molar-refractivity contribution in [3.63, 3.8) is 0 Å². The summed E-state index contributed by atoms with van der Waals surface area (Å²) >= 11 is 0. The van der Waals surface area contributed by atoms with Gasteiger partial charge in [-0.05, 0) is 24.3 Å². The number of carbonyl (C=O) groups is 1. The van der Waals surface area contributed by atoms with Crippen LogP contribution in [0, 0.1) is 0 Å². The molecule has 0 spiro atoms. The van der Waals surface area contributed by atoms with Crippen molar-refractivity contribution in [2.24, 2.45) is 0 Å². The Morgan fingerprint density at radius 2 is 1.48 bits per heavy atom. The van der Waals surface area contributed by atoms with E-state index in [1.165, 1.54) is 5.69 Å². The van der Waals surface area contributed by atoms with Crippen LogP contribution in [0.4, 0.5) is 5.69 Å². The van der Waals surface area contributed by atoms with Gasteiger partial charge in [-0.3, -0.25) is 4.90 Å². The van der Waals surface area contributed by atoms with Crippen molar-refractivity contribution in [2.75, 3.05) is 44.2 Å². The fourth-order valence-electron chi connectivity index (χ4n) is 2.79. The first-order valence-electron chi connectivity index (χ1n) is 8.07. The van der Waals surface area contributed by atoms with E-state index in [2.05, 4.69) is 34.1 Å². The number of esters is 1. The molecule has 0 aromatic heterocycles. The van der Waals surface area contributed by atoms with Crippen molar-refractivity contribution < 1.29 is 9.53 Å². The zero-order chi connectivity index (χ0) is 15.9. The largest absolute Gasteiger partial charge is 0.461 e. The monoisotopic (exact) mass is 310 g/mol. The molecule has 23 heavy (non-hydrogen) atoms. The molecular weight excluding hydrogens is 288 g/mol. The van der Waals surface area contributed by atoms with E-state index in [1.54, 1.807) is 12.1 Å². The Labute approximate surface area is 137 Å². The minimum Gasteiger partial charge on any atom is -0.461 e. The summed E-state index contributed by atoms with van der Waals surface area (Å²) in [5, 5.41) is 0. The summed E-state index contributed by atoms with van der Waals surface area (Å²) in [6.45, 7) is 5.25. The minimum atomic E-state index is -0.242. The van der Waals surface area contributed by atoms with Gasteiger partial charge in [0, 0.05) is 38.4 Å². The average Bonchev–Trinajstić information content (AvgIpc) is 2.64. The molecule has 4 heteroatoms. The first-order valence-corrected chi connectivity index (χ1v) is 8.07. The second-order valence-electron chi connectivity index (χ2n) is 5.67. The van der Waals surface area contributed by atoms with Crippen molar-refractivity contribution in [1.82, 2.24) is 4.90 Å². The van der Waals surface area contributed by atoms with Crippen molar-refractivity contribution >= 4 is 11.7 Å². The van der Waals surface area contributed by atoms with Crippen molar-refractivity contribution in [1.29, 1.82) is 0 Å². The lowest BCUT2D eigenvalue weighted by Crippen LogP contribution is -2.47. The maximum absolute atomic E-state index is 11.9. The van der Waals surface area contributed by atoms with Gasteiger partial charge < -0.3 is 9.64 Å². The Balaban J connectivity index is 1.39. The van der Waals surface area contributed by atoms with Gasteiger partial charge in [0.25, 0.3) is 0 Å². The summed E-state index contributed by atoms with van der Waals surface area (Å²) < 4.78 is 5.35. The summed E-state index contributed by atoms with van der Waals surface area (Å²) in [7, 11) is 0. The topological polar surface area (TPSA) is 32.8 Å². The van der Waals surface area contributed by atoms with Gasteiger partial charge in [0.15, 0.2) is 0 Å². The van der Waals surface area contributed by atoms with E-state index in [9.17, 15) is 4.79 Å². The molecule has 0 saturated carbocycles. The van der Waals surface area contributed by atoms with Crippen LogP contribution < -0.4 is 4.90 Å². The Morgan fingerprint density at radius 3 is 2.13 bits per heavy atom. The average molecular weight is 310 g/mol. The fourth-order valence-corrected chi connectivity index (χ4v) is 2.79. The van der Waals surface area contributed by atoms with E-state index in [1.807, 2.05) is 24.3 Å². The highest BCUT2D eigenvalue weighted by Gasteiger charge is 2.17.